The highest BCUT2D eigenvalue weighted by Gasteiger charge is 2.38. The summed E-state index contributed by atoms with van der Waals surface area (Å²) in [6.07, 6.45) is 6.99. The van der Waals surface area contributed by atoms with E-state index in [1.165, 1.54) is 26.9 Å². The van der Waals surface area contributed by atoms with Crippen LogP contribution in [0.5, 0.6) is 0 Å². The minimum Gasteiger partial charge on any atom is -0.377 e. The number of fused-ring (bicyclic) bond motifs is 3. The summed E-state index contributed by atoms with van der Waals surface area (Å²) in [5.41, 5.74) is 5.63. The molecule has 2 aromatic carbocycles. The van der Waals surface area contributed by atoms with Crippen molar-refractivity contribution in [2.75, 3.05) is 5.32 Å². The first-order valence-corrected chi connectivity index (χ1v) is 8.88. The fraction of sp³-hybridized carbons (Fsp3) is 0.300. The predicted octanol–water partition coefficient (Wildman–Crippen LogP) is 5.84. The lowest BCUT2D eigenvalue weighted by molar-refractivity contribution is 0.424. The van der Waals surface area contributed by atoms with Gasteiger partial charge in [0, 0.05) is 16.1 Å². The highest BCUT2D eigenvalue weighted by atomic mass is 79.9. The minimum atomic E-state index is 0.371. The fourth-order valence-electron chi connectivity index (χ4n) is 4.02. The summed E-state index contributed by atoms with van der Waals surface area (Å²) in [4.78, 5) is 0. The zero-order chi connectivity index (χ0) is 15.1. The molecular formula is C20H20BrN. The van der Waals surface area contributed by atoms with Gasteiger partial charge in [-0.25, -0.2) is 0 Å². The molecular weight excluding hydrogens is 334 g/mol. The molecule has 0 saturated carbocycles. The van der Waals surface area contributed by atoms with Crippen LogP contribution in [0.15, 0.2) is 59.1 Å². The Labute approximate surface area is 140 Å². The van der Waals surface area contributed by atoms with E-state index in [2.05, 4.69) is 82.8 Å². The molecule has 1 nitrogen and oxygen atoms in total. The average molecular weight is 354 g/mol. The van der Waals surface area contributed by atoms with Crippen LogP contribution >= 0.6 is 15.9 Å². The third-order valence-corrected chi connectivity index (χ3v) is 5.83. The van der Waals surface area contributed by atoms with E-state index >= 15 is 0 Å². The summed E-state index contributed by atoms with van der Waals surface area (Å²) in [5.74, 6) is 1.15. The van der Waals surface area contributed by atoms with Gasteiger partial charge in [0.25, 0.3) is 0 Å². The molecule has 2 aromatic rings. The van der Waals surface area contributed by atoms with Crippen LogP contribution in [0.4, 0.5) is 5.69 Å². The zero-order valence-electron chi connectivity index (χ0n) is 12.7. The largest absolute Gasteiger partial charge is 0.377 e. The summed E-state index contributed by atoms with van der Waals surface area (Å²) in [6.45, 7) is 2.24. The topological polar surface area (TPSA) is 12.0 Å². The van der Waals surface area contributed by atoms with Crippen LogP contribution in [0.1, 0.15) is 42.0 Å². The number of nitrogens with one attached hydrogen (secondary N) is 1. The van der Waals surface area contributed by atoms with Gasteiger partial charge >= 0.3 is 0 Å². The van der Waals surface area contributed by atoms with Gasteiger partial charge in [0.2, 0.25) is 0 Å². The maximum Gasteiger partial charge on any atom is 0.0565 e. The number of allylic oxidation sites excluding steroid dienone is 2. The molecule has 0 spiro atoms. The van der Waals surface area contributed by atoms with Gasteiger partial charge in [0.1, 0.15) is 0 Å². The van der Waals surface area contributed by atoms with E-state index in [4.69, 9.17) is 0 Å². The van der Waals surface area contributed by atoms with E-state index in [-0.39, 0.29) is 0 Å². The highest BCUT2D eigenvalue weighted by Crippen LogP contribution is 2.51. The molecule has 4 rings (SSSR count). The first-order valence-electron chi connectivity index (χ1n) is 8.09. The Morgan fingerprint density at radius 3 is 2.73 bits per heavy atom. The third-order valence-electron chi connectivity index (χ3n) is 5.10. The van der Waals surface area contributed by atoms with E-state index in [1.54, 1.807) is 0 Å². The normalized spacial score (nSPS) is 25.5. The Balaban J connectivity index is 1.85. The molecule has 0 aromatic heterocycles. The molecule has 22 heavy (non-hydrogen) atoms. The lowest BCUT2D eigenvalue weighted by atomic mass is 9.76. The van der Waals surface area contributed by atoms with Gasteiger partial charge in [-0.1, -0.05) is 71.4 Å². The Morgan fingerprint density at radius 2 is 1.91 bits per heavy atom. The number of aryl methyl sites for hydroxylation is 1. The number of para-hydroxylation sites is 1. The van der Waals surface area contributed by atoms with Crippen LogP contribution in [0.3, 0.4) is 0 Å². The summed E-state index contributed by atoms with van der Waals surface area (Å²) in [6, 6.07) is 15.8. The highest BCUT2D eigenvalue weighted by molar-refractivity contribution is 9.10. The fourth-order valence-corrected chi connectivity index (χ4v) is 4.55. The maximum atomic E-state index is 3.88. The van der Waals surface area contributed by atoms with Crippen LogP contribution < -0.4 is 5.32 Å². The van der Waals surface area contributed by atoms with Crippen molar-refractivity contribution in [3.63, 3.8) is 0 Å². The van der Waals surface area contributed by atoms with Crippen molar-refractivity contribution in [3.05, 3.63) is 75.8 Å². The second-order valence-corrected chi connectivity index (χ2v) is 7.09. The minimum absolute atomic E-state index is 0.371. The summed E-state index contributed by atoms with van der Waals surface area (Å²) in [5, 5.41) is 3.88. The summed E-state index contributed by atoms with van der Waals surface area (Å²) < 4.78 is 1.20. The Hall–Kier alpha value is -1.54. The quantitative estimate of drug-likeness (QED) is 0.668. The van der Waals surface area contributed by atoms with Crippen LogP contribution in [-0.2, 0) is 6.42 Å². The van der Waals surface area contributed by atoms with Crippen LogP contribution in [-0.4, -0.2) is 0 Å². The molecule has 0 saturated heterocycles. The molecule has 1 aliphatic heterocycles. The predicted molar refractivity (Wildman–Crippen MR) is 96.3 cm³/mol. The molecule has 0 amide bonds. The Kier molecular flexibility index (Phi) is 3.57. The number of hydrogen-bond donors (Lipinski definition) is 1. The summed E-state index contributed by atoms with van der Waals surface area (Å²) >= 11 is 3.74. The zero-order valence-corrected chi connectivity index (χ0v) is 14.3. The molecule has 2 heteroatoms. The lowest BCUT2D eigenvalue weighted by Gasteiger charge is -2.39. The molecule has 0 radical (unpaired) electrons. The molecule has 2 aliphatic rings. The van der Waals surface area contributed by atoms with Crippen molar-refractivity contribution in [2.45, 2.75) is 31.7 Å². The van der Waals surface area contributed by atoms with Crippen LogP contribution in [0.25, 0.3) is 0 Å². The van der Waals surface area contributed by atoms with Crippen molar-refractivity contribution < 1.29 is 0 Å². The number of benzene rings is 2. The van der Waals surface area contributed by atoms with Gasteiger partial charge in [0.05, 0.1) is 6.04 Å². The first kappa shape index (κ1) is 14.1. The van der Waals surface area contributed by atoms with Gasteiger partial charge in [-0.15, -0.1) is 0 Å². The monoisotopic (exact) mass is 353 g/mol. The number of hydrogen-bond acceptors (Lipinski definition) is 1. The number of rotatable bonds is 2. The van der Waals surface area contributed by atoms with Gasteiger partial charge in [-0.2, -0.15) is 0 Å². The maximum absolute atomic E-state index is 3.88. The van der Waals surface area contributed by atoms with Gasteiger partial charge in [-0.3, -0.25) is 0 Å². The van der Waals surface area contributed by atoms with Gasteiger partial charge < -0.3 is 5.32 Å². The van der Waals surface area contributed by atoms with Crippen molar-refractivity contribution in [3.8, 4) is 0 Å². The van der Waals surface area contributed by atoms with Crippen LogP contribution in [0.2, 0.25) is 0 Å². The smallest absolute Gasteiger partial charge is 0.0565 e. The molecule has 3 atom stereocenters. The molecule has 1 heterocycles. The second-order valence-electron chi connectivity index (χ2n) is 6.23. The SMILES string of the molecule is CCc1cccc2c1N[C@H](c1ccccc1Br)[C@H]1CC=C[C@@H]21. The van der Waals surface area contributed by atoms with Crippen LogP contribution in [0, 0.1) is 5.92 Å². The lowest BCUT2D eigenvalue weighted by Crippen LogP contribution is -2.30. The van der Waals surface area contributed by atoms with Gasteiger partial charge in [0.15, 0.2) is 0 Å². The molecule has 1 N–H and O–H groups in total. The second kappa shape index (κ2) is 5.58. The van der Waals surface area contributed by atoms with E-state index in [0.29, 0.717) is 17.9 Å². The molecule has 0 unspecified atom stereocenters. The number of halogens is 1. The van der Waals surface area contributed by atoms with E-state index in [9.17, 15) is 0 Å². The molecule has 112 valence electrons. The van der Waals surface area contributed by atoms with Crippen molar-refractivity contribution in [1.82, 2.24) is 0 Å². The first-order chi connectivity index (χ1) is 10.8. The molecule has 0 bridgehead atoms. The average Bonchev–Trinajstić information content (AvgIpc) is 3.04. The van der Waals surface area contributed by atoms with Crippen molar-refractivity contribution >= 4 is 21.6 Å². The van der Waals surface area contributed by atoms with E-state index in [1.807, 2.05) is 0 Å². The van der Waals surface area contributed by atoms with Crippen molar-refractivity contribution in [2.24, 2.45) is 5.92 Å². The standard InChI is InChI=1S/C20H20BrN/c1-2-13-7-5-10-15-14-9-6-11-16(14)20(22-19(13)15)17-8-3-4-12-18(17)21/h3-10,12,14,16,20,22H,2,11H2,1H3/t14-,16-,20-/m0/s1. The third kappa shape index (κ3) is 2.13. The molecule has 0 fully saturated rings. The van der Waals surface area contributed by atoms with E-state index in [0.717, 1.165) is 12.8 Å². The Morgan fingerprint density at radius 1 is 1.09 bits per heavy atom. The van der Waals surface area contributed by atoms with E-state index < -0.39 is 0 Å². The molecule has 1 aliphatic carbocycles. The van der Waals surface area contributed by atoms with Gasteiger partial charge in [-0.05, 0) is 41.5 Å². The Bertz CT molecular complexity index is 734. The van der Waals surface area contributed by atoms with Crippen molar-refractivity contribution in [1.29, 1.82) is 0 Å². The summed E-state index contributed by atoms with van der Waals surface area (Å²) in [7, 11) is 0. The number of anilines is 1.